The van der Waals surface area contributed by atoms with Crippen LogP contribution in [0.5, 0.6) is 0 Å². The highest BCUT2D eigenvalue weighted by Gasteiger charge is 2.13. The van der Waals surface area contributed by atoms with Crippen LogP contribution in [0, 0.1) is 0 Å². The SMILES string of the molecule is CC(=O)c1ccc(CC(Br)C(=O)O)cc1. The van der Waals surface area contributed by atoms with Gasteiger partial charge in [-0.15, -0.1) is 0 Å². The standard InChI is InChI=1S/C11H11BrO3/c1-7(13)9-4-2-8(3-5-9)6-10(12)11(14)15/h2-5,10H,6H2,1H3,(H,14,15). The van der Waals surface area contributed by atoms with Gasteiger partial charge in [-0.1, -0.05) is 40.2 Å². The van der Waals surface area contributed by atoms with Crippen molar-refractivity contribution in [1.82, 2.24) is 0 Å². The van der Waals surface area contributed by atoms with Crippen molar-refractivity contribution < 1.29 is 14.7 Å². The van der Waals surface area contributed by atoms with Gasteiger partial charge < -0.3 is 5.11 Å². The summed E-state index contributed by atoms with van der Waals surface area (Å²) in [5.41, 5.74) is 1.53. The molecule has 0 amide bonds. The second-order valence-electron chi connectivity index (χ2n) is 3.26. The minimum Gasteiger partial charge on any atom is -0.480 e. The Morgan fingerprint density at radius 2 is 1.87 bits per heavy atom. The first-order valence-corrected chi connectivity index (χ1v) is 5.39. The van der Waals surface area contributed by atoms with Crippen LogP contribution in [-0.2, 0) is 11.2 Å². The summed E-state index contributed by atoms with van der Waals surface area (Å²) in [5.74, 6) is -0.874. The zero-order chi connectivity index (χ0) is 11.4. The number of carboxylic acids is 1. The van der Waals surface area contributed by atoms with E-state index in [0.717, 1.165) is 5.56 Å². The van der Waals surface area contributed by atoms with E-state index >= 15 is 0 Å². The second kappa shape index (κ2) is 5.07. The molecule has 1 rings (SSSR count). The van der Waals surface area contributed by atoms with E-state index in [2.05, 4.69) is 15.9 Å². The molecule has 0 heterocycles. The molecule has 1 aromatic carbocycles. The van der Waals surface area contributed by atoms with Crippen molar-refractivity contribution in [3.8, 4) is 0 Å². The maximum Gasteiger partial charge on any atom is 0.317 e. The number of halogens is 1. The Bertz CT molecular complexity index is 370. The Balaban J connectivity index is 2.72. The molecule has 0 aliphatic carbocycles. The predicted molar refractivity (Wildman–Crippen MR) is 60.5 cm³/mol. The first-order chi connectivity index (χ1) is 7.00. The number of benzene rings is 1. The molecule has 0 saturated heterocycles. The monoisotopic (exact) mass is 270 g/mol. The number of hydrogen-bond donors (Lipinski definition) is 1. The molecule has 0 radical (unpaired) electrons. The van der Waals surface area contributed by atoms with Crippen LogP contribution in [0.2, 0.25) is 0 Å². The fourth-order valence-corrected chi connectivity index (χ4v) is 1.54. The molecular formula is C11H11BrO3. The normalized spacial score (nSPS) is 12.1. The lowest BCUT2D eigenvalue weighted by Crippen LogP contribution is -2.15. The third-order valence-corrected chi connectivity index (χ3v) is 2.76. The van der Waals surface area contributed by atoms with Crippen molar-refractivity contribution in [1.29, 1.82) is 0 Å². The Hall–Kier alpha value is -1.16. The zero-order valence-corrected chi connectivity index (χ0v) is 9.82. The molecule has 1 N–H and O–H groups in total. The minimum atomic E-state index is -0.884. The van der Waals surface area contributed by atoms with Gasteiger partial charge in [0.05, 0.1) is 0 Å². The van der Waals surface area contributed by atoms with Crippen molar-refractivity contribution in [2.45, 2.75) is 18.2 Å². The van der Waals surface area contributed by atoms with E-state index in [-0.39, 0.29) is 5.78 Å². The third-order valence-electron chi connectivity index (χ3n) is 2.04. The van der Waals surface area contributed by atoms with E-state index in [4.69, 9.17) is 5.11 Å². The Morgan fingerprint density at radius 3 is 2.27 bits per heavy atom. The Labute approximate surface area is 96.2 Å². The summed E-state index contributed by atoms with van der Waals surface area (Å²) in [6, 6.07) is 6.96. The first kappa shape index (κ1) is 11.9. The van der Waals surface area contributed by atoms with E-state index in [9.17, 15) is 9.59 Å². The molecule has 1 atom stereocenters. The molecule has 4 heteroatoms. The summed E-state index contributed by atoms with van der Waals surface area (Å²) in [7, 11) is 0. The zero-order valence-electron chi connectivity index (χ0n) is 8.24. The minimum absolute atomic E-state index is 0.00942. The Kier molecular flexibility index (Phi) is 4.03. The van der Waals surface area contributed by atoms with Crippen LogP contribution in [0.3, 0.4) is 0 Å². The van der Waals surface area contributed by atoms with Crippen molar-refractivity contribution in [3.05, 3.63) is 35.4 Å². The van der Waals surface area contributed by atoms with Crippen molar-refractivity contribution in [2.24, 2.45) is 0 Å². The highest BCUT2D eigenvalue weighted by Crippen LogP contribution is 2.12. The molecular weight excluding hydrogens is 260 g/mol. The van der Waals surface area contributed by atoms with E-state index in [0.29, 0.717) is 12.0 Å². The molecule has 0 bridgehead atoms. The van der Waals surface area contributed by atoms with Crippen molar-refractivity contribution in [3.63, 3.8) is 0 Å². The van der Waals surface area contributed by atoms with E-state index in [1.54, 1.807) is 24.3 Å². The van der Waals surface area contributed by atoms with Gasteiger partial charge in [0.1, 0.15) is 4.83 Å². The van der Waals surface area contributed by atoms with Gasteiger partial charge in [0.2, 0.25) is 0 Å². The topological polar surface area (TPSA) is 54.4 Å². The van der Waals surface area contributed by atoms with Gasteiger partial charge in [-0.05, 0) is 18.9 Å². The fourth-order valence-electron chi connectivity index (χ4n) is 1.17. The summed E-state index contributed by atoms with van der Waals surface area (Å²) >= 11 is 3.06. The average molecular weight is 271 g/mol. The van der Waals surface area contributed by atoms with Gasteiger partial charge in [0, 0.05) is 5.56 Å². The Morgan fingerprint density at radius 1 is 1.33 bits per heavy atom. The fraction of sp³-hybridized carbons (Fsp3) is 0.273. The number of carbonyl (C=O) groups is 2. The molecule has 0 aromatic heterocycles. The van der Waals surface area contributed by atoms with Gasteiger partial charge in [-0.2, -0.15) is 0 Å². The second-order valence-corrected chi connectivity index (χ2v) is 4.37. The molecule has 15 heavy (non-hydrogen) atoms. The quantitative estimate of drug-likeness (QED) is 0.675. The van der Waals surface area contributed by atoms with E-state index < -0.39 is 10.8 Å². The van der Waals surface area contributed by atoms with Crippen LogP contribution < -0.4 is 0 Å². The van der Waals surface area contributed by atoms with Crippen LogP contribution >= 0.6 is 15.9 Å². The molecule has 0 aliphatic heterocycles. The lowest BCUT2D eigenvalue weighted by molar-refractivity contribution is -0.136. The van der Waals surface area contributed by atoms with Gasteiger partial charge in [0.25, 0.3) is 0 Å². The lowest BCUT2D eigenvalue weighted by atomic mass is 10.1. The highest BCUT2D eigenvalue weighted by molar-refractivity contribution is 9.10. The van der Waals surface area contributed by atoms with Crippen LogP contribution in [0.15, 0.2) is 24.3 Å². The molecule has 1 unspecified atom stereocenters. The predicted octanol–water partition coefficient (Wildman–Crippen LogP) is 2.28. The lowest BCUT2D eigenvalue weighted by Gasteiger charge is -2.04. The molecule has 0 saturated carbocycles. The van der Waals surface area contributed by atoms with Gasteiger partial charge in [-0.25, -0.2) is 0 Å². The highest BCUT2D eigenvalue weighted by atomic mass is 79.9. The third kappa shape index (κ3) is 3.47. The summed E-state index contributed by atoms with van der Waals surface area (Å²) < 4.78 is 0. The van der Waals surface area contributed by atoms with Gasteiger partial charge in [0.15, 0.2) is 5.78 Å². The van der Waals surface area contributed by atoms with Crippen molar-refractivity contribution >= 4 is 27.7 Å². The number of carboxylic acid groups (broad SMARTS) is 1. The number of hydrogen-bond acceptors (Lipinski definition) is 2. The first-order valence-electron chi connectivity index (χ1n) is 4.47. The van der Waals surface area contributed by atoms with Crippen molar-refractivity contribution in [2.75, 3.05) is 0 Å². The summed E-state index contributed by atoms with van der Waals surface area (Å²) in [4.78, 5) is 21.0. The molecule has 80 valence electrons. The number of rotatable bonds is 4. The summed E-state index contributed by atoms with van der Waals surface area (Å²) in [6.07, 6.45) is 0.410. The molecule has 1 aromatic rings. The van der Waals surface area contributed by atoms with Crippen LogP contribution in [0.25, 0.3) is 0 Å². The summed E-state index contributed by atoms with van der Waals surface area (Å²) in [5, 5.41) is 8.69. The largest absolute Gasteiger partial charge is 0.480 e. The molecule has 3 nitrogen and oxygen atoms in total. The smallest absolute Gasteiger partial charge is 0.317 e. The number of carbonyl (C=O) groups excluding carboxylic acids is 1. The number of alkyl halides is 1. The van der Waals surface area contributed by atoms with Crippen LogP contribution in [0.4, 0.5) is 0 Å². The van der Waals surface area contributed by atoms with Crippen LogP contribution in [-0.4, -0.2) is 21.7 Å². The number of aliphatic carboxylic acids is 1. The molecule has 0 spiro atoms. The molecule has 0 aliphatic rings. The number of Topliss-reactive ketones (excluding diaryl/α,β-unsaturated/α-hetero) is 1. The average Bonchev–Trinajstić information content (AvgIpc) is 2.18. The maximum absolute atomic E-state index is 11.0. The van der Waals surface area contributed by atoms with E-state index in [1.165, 1.54) is 6.92 Å². The maximum atomic E-state index is 11.0. The molecule has 0 fully saturated rings. The van der Waals surface area contributed by atoms with E-state index in [1.807, 2.05) is 0 Å². The van der Waals surface area contributed by atoms with Crippen LogP contribution in [0.1, 0.15) is 22.8 Å². The van der Waals surface area contributed by atoms with Gasteiger partial charge in [-0.3, -0.25) is 9.59 Å². The summed E-state index contributed by atoms with van der Waals surface area (Å²) in [6.45, 7) is 1.50. The van der Waals surface area contributed by atoms with Gasteiger partial charge >= 0.3 is 5.97 Å². The number of ketones is 1.